The number of H-pyrrole nitrogens is 1. The van der Waals surface area contributed by atoms with Crippen LogP contribution in [0.25, 0.3) is 0 Å². The van der Waals surface area contributed by atoms with Crippen LogP contribution in [-0.2, 0) is 12.0 Å². The molecule has 1 saturated heterocycles. The Kier molecular flexibility index (Phi) is 3.72. The monoisotopic (exact) mass is 281 g/mol. The third-order valence-corrected chi connectivity index (χ3v) is 4.07. The van der Waals surface area contributed by atoms with Gasteiger partial charge in [0.2, 0.25) is 0 Å². The molecule has 0 bridgehead atoms. The van der Waals surface area contributed by atoms with E-state index in [1.54, 1.807) is 6.20 Å². The van der Waals surface area contributed by atoms with E-state index in [0.717, 1.165) is 43.1 Å². The van der Waals surface area contributed by atoms with Crippen molar-refractivity contribution >= 4 is 0 Å². The zero-order chi connectivity index (χ0) is 14.7. The van der Waals surface area contributed by atoms with Crippen LogP contribution in [0.1, 0.15) is 30.1 Å². The maximum atomic E-state index is 9.74. The van der Waals surface area contributed by atoms with E-state index in [9.17, 15) is 5.26 Å². The summed E-state index contributed by atoms with van der Waals surface area (Å²) in [5.41, 5.74) is 1.45. The minimum atomic E-state index is -0.499. The van der Waals surface area contributed by atoms with Gasteiger partial charge in [0.05, 0.1) is 18.3 Å². The lowest BCUT2D eigenvalue weighted by atomic mass is 9.78. The number of nitrogens with one attached hydrogen (secondary N) is 1. The van der Waals surface area contributed by atoms with E-state index in [2.05, 4.69) is 25.9 Å². The Morgan fingerprint density at radius 1 is 1.43 bits per heavy atom. The van der Waals surface area contributed by atoms with E-state index in [4.69, 9.17) is 0 Å². The Labute approximate surface area is 124 Å². The molecule has 1 aliphatic rings. The second-order valence-corrected chi connectivity index (χ2v) is 5.74. The van der Waals surface area contributed by atoms with Gasteiger partial charge in [-0.3, -0.25) is 9.88 Å². The Balaban J connectivity index is 1.79. The first kappa shape index (κ1) is 13.8. The lowest BCUT2D eigenvalue weighted by molar-refractivity contribution is 0.164. The molecule has 1 atom stereocenters. The van der Waals surface area contributed by atoms with Crippen molar-refractivity contribution in [3.8, 4) is 6.07 Å². The number of imidazole rings is 1. The van der Waals surface area contributed by atoms with Gasteiger partial charge in [-0.25, -0.2) is 4.98 Å². The second-order valence-electron chi connectivity index (χ2n) is 5.74. The minimum absolute atomic E-state index is 0.499. The van der Waals surface area contributed by atoms with Gasteiger partial charge in [-0.1, -0.05) is 6.07 Å². The number of hydrogen-bond acceptors (Lipinski definition) is 4. The number of likely N-dealkylation sites (tertiary alicyclic amines) is 1. The molecule has 0 aromatic carbocycles. The van der Waals surface area contributed by atoms with Gasteiger partial charge in [-0.05, 0) is 38.4 Å². The summed E-state index contributed by atoms with van der Waals surface area (Å²) < 4.78 is 0. The van der Waals surface area contributed by atoms with Crippen molar-refractivity contribution < 1.29 is 0 Å². The van der Waals surface area contributed by atoms with E-state index in [1.807, 2.05) is 31.3 Å². The van der Waals surface area contributed by atoms with Gasteiger partial charge in [-0.2, -0.15) is 5.26 Å². The third-order valence-electron chi connectivity index (χ3n) is 4.07. The number of hydrogen-bond donors (Lipinski definition) is 1. The standard InChI is InChI=1S/C16H19N5/c1-13-9-19-15(20-13)10-21-8-4-6-16(11-17,12-21)14-5-2-3-7-18-14/h2-3,5,7,9H,4,6,8,10,12H2,1H3,(H,19,20)/t16-/m0/s1. The predicted octanol–water partition coefficient (Wildman–Crippen LogP) is 2.17. The number of nitriles is 1. The summed E-state index contributed by atoms with van der Waals surface area (Å²) in [5, 5.41) is 9.74. The van der Waals surface area contributed by atoms with Crippen molar-refractivity contribution in [3.63, 3.8) is 0 Å². The van der Waals surface area contributed by atoms with E-state index >= 15 is 0 Å². The molecule has 1 N–H and O–H groups in total. The van der Waals surface area contributed by atoms with Crippen molar-refractivity contribution in [2.24, 2.45) is 0 Å². The highest BCUT2D eigenvalue weighted by Gasteiger charge is 2.38. The number of aromatic amines is 1. The van der Waals surface area contributed by atoms with Gasteiger partial charge in [0.1, 0.15) is 11.2 Å². The fourth-order valence-electron chi connectivity index (χ4n) is 3.04. The Hall–Kier alpha value is -2.19. The van der Waals surface area contributed by atoms with Crippen molar-refractivity contribution in [1.82, 2.24) is 19.9 Å². The lowest BCUT2D eigenvalue weighted by Crippen LogP contribution is -2.45. The highest BCUT2D eigenvalue weighted by Crippen LogP contribution is 2.32. The van der Waals surface area contributed by atoms with Gasteiger partial charge in [-0.15, -0.1) is 0 Å². The molecule has 0 saturated carbocycles. The summed E-state index contributed by atoms with van der Waals surface area (Å²) in [5.74, 6) is 0.960. The SMILES string of the molecule is Cc1cnc(CN2CCC[C@@](C#N)(c3ccccn3)C2)[nH]1. The fourth-order valence-corrected chi connectivity index (χ4v) is 3.04. The average Bonchev–Trinajstić information content (AvgIpc) is 2.93. The van der Waals surface area contributed by atoms with E-state index < -0.39 is 5.41 Å². The molecule has 0 aliphatic carbocycles. The fraction of sp³-hybridized carbons (Fsp3) is 0.438. The number of rotatable bonds is 3. The summed E-state index contributed by atoms with van der Waals surface area (Å²) in [7, 11) is 0. The highest BCUT2D eigenvalue weighted by atomic mass is 15.2. The van der Waals surface area contributed by atoms with Gasteiger partial charge in [0, 0.05) is 24.6 Å². The number of pyridine rings is 1. The number of nitrogens with zero attached hydrogens (tertiary/aromatic N) is 4. The van der Waals surface area contributed by atoms with Crippen LogP contribution in [0, 0.1) is 18.3 Å². The predicted molar refractivity (Wildman–Crippen MR) is 79.4 cm³/mol. The van der Waals surface area contributed by atoms with E-state index in [-0.39, 0.29) is 0 Å². The number of piperidine rings is 1. The number of aryl methyl sites for hydroxylation is 1. The zero-order valence-electron chi connectivity index (χ0n) is 12.2. The first-order valence-electron chi connectivity index (χ1n) is 7.27. The topological polar surface area (TPSA) is 68.6 Å². The Bertz CT molecular complexity index is 642. The lowest BCUT2D eigenvalue weighted by Gasteiger charge is -2.37. The van der Waals surface area contributed by atoms with Gasteiger partial charge >= 0.3 is 0 Å². The second kappa shape index (κ2) is 5.66. The summed E-state index contributed by atoms with van der Waals surface area (Å²) in [6.07, 6.45) is 5.48. The molecule has 0 unspecified atom stereocenters. The summed E-state index contributed by atoms with van der Waals surface area (Å²) in [6.45, 7) is 4.46. The first-order chi connectivity index (χ1) is 10.2. The minimum Gasteiger partial charge on any atom is -0.345 e. The smallest absolute Gasteiger partial charge is 0.120 e. The normalized spacial score (nSPS) is 22.9. The molecule has 21 heavy (non-hydrogen) atoms. The molecule has 2 aromatic heterocycles. The molecule has 0 amide bonds. The molecule has 5 heteroatoms. The molecule has 5 nitrogen and oxygen atoms in total. The van der Waals surface area contributed by atoms with Crippen LogP contribution in [0.5, 0.6) is 0 Å². The van der Waals surface area contributed by atoms with E-state index in [0.29, 0.717) is 6.54 Å². The Morgan fingerprint density at radius 2 is 2.33 bits per heavy atom. The maximum Gasteiger partial charge on any atom is 0.120 e. The first-order valence-corrected chi connectivity index (χ1v) is 7.27. The van der Waals surface area contributed by atoms with Gasteiger partial charge < -0.3 is 4.98 Å². The van der Waals surface area contributed by atoms with Crippen LogP contribution in [0.15, 0.2) is 30.6 Å². The van der Waals surface area contributed by atoms with Crippen LogP contribution in [0.3, 0.4) is 0 Å². The largest absolute Gasteiger partial charge is 0.345 e. The molecule has 0 radical (unpaired) electrons. The van der Waals surface area contributed by atoms with Crippen molar-refractivity contribution in [1.29, 1.82) is 5.26 Å². The molecular formula is C16H19N5. The average molecular weight is 281 g/mol. The molecule has 3 rings (SSSR count). The molecule has 0 spiro atoms. The molecule has 3 heterocycles. The van der Waals surface area contributed by atoms with Crippen LogP contribution in [0.4, 0.5) is 0 Å². The molecule has 1 fully saturated rings. The highest BCUT2D eigenvalue weighted by molar-refractivity contribution is 5.28. The molecule has 108 valence electrons. The summed E-state index contributed by atoms with van der Waals surface area (Å²) >= 11 is 0. The quantitative estimate of drug-likeness (QED) is 0.936. The van der Waals surface area contributed by atoms with Crippen LogP contribution in [-0.4, -0.2) is 32.9 Å². The van der Waals surface area contributed by atoms with Crippen LogP contribution >= 0.6 is 0 Å². The summed E-state index contributed by atoms with van der Waals surface area (Å²) in [4.78, 5) is 14.3. The maximum absolute atomic E-state index is 9.74. The van der Waals surface area contributed by atoms with Crippen molar-refractivity contribution in [2.75, 3.05) is 13.1 Å². The molecule has 2 aromatic rings. The Morgan fingerprint density at radius 3 is 3.00 bits per heavy atom. The van der Waals surface area contributed by atoms with Gasteiger partial charge in [0.15, 0.2) is 0 Å². The molecule has 1 aliphatic heterocycles. The van der Waals surface area contributed by atoms with Crippen LogP contribution < -0.4 is 0 Å². The summed E-state index contributed by atoms with van der Waals surface area (Å²) in [6, 6.07) is 8.33. The number of aromatic nitrogens is 3. The van der Waals surface area contributed by atoms with Crippen molar-refractivity contribution in [3.05, 3.63) is 47.8 Å². The van der Waals surface area contributed by atoms with Gasteiger partial charge in [0.25, 0.3) is 0 Å². The van der Waals surface area contributed by atoms with Crippen molar-refractivity contribution in [2.45, 2.75) is 31.7 Å². The third kappa shape index (κ3) is 2.81. The van der Waals surface area contributed by atoms with Crippen LogP contribution in [0.2, 0.25) is 0 Å². The molecular weight excluding hydrogens is 262 g/mol. The zero-order valence-corrected chi connectivity index (χ0v) is 12.2. The van der Waals surface area contributed by atoms with E-state index in [1.165, 1.54) is 0 Å².